The van der Waals surface area contributed by atoms with Crippen molar-refractivity contribution >= 4 is 26.8 Å². The topological polar surface area (TPSA) is 53.0 Å². The summed E-state index contributed by atoms with van der Waals surface area (Å²) < 4.78 is 25.1. The number of hydrogen-bond acceptors (Lipinski definition) is 5. The standard InChI is InChI=1S/C10H19N3O2S2/c1-9(2,3)8-11-13-7-17(14,15)12(5)6-10(13,4)16-8/h6-7H2,1-5H3. The lowest BCUT2D eigenvalue weighted by atomic mass is 9.99. The van der Waals surface area contributed by atoms with Gasteiger partial charge in [-0.2, -0.15) is 5.10 Å². The first-order chi connectivity index (χ1) is 7.55. The molecule has 0 spiro atoms. The predicted octanol–water partition coefficient (Wildman–Crippen LogP) is 1.34. The minimum atomic E-state index is -3.18. The molecule has 0 radical (unpaired) electrons. The monoisotopic (exact) mass is 277 g/mol. The summed E-state index contributed by atoms with van der Waals surface area (Å²) in [4.78, 5) is -0.261. The van der Waals surface area contributed by atoms with E-state index in [9.17, 15) is 8.42 Å². The van der Waals surface area contributed by atoms with Crippen molar-refractivity contribution < 1.29 is 8.42 Å². The van der Waals surface area contributed by atoms with Crippen LogP contribution in [-0.4, -0.2) is 47.1 Å². The highest BCUT2D eigenvalue weighted by atomic mass is 32.2. The Kier molecular flexibility index (Phi) is 2.80. The molecule has 1 unspecified atom stereocenters. The van der Waals surface area contributed by atoms with Crippen LogP contribution in [0, 0.1) is 5.41 Å². The Morgan fingerprint density at radius 1 is 1.41 bits per heavy atom. The van der Waals surface area contributed by atoms with Gasteiger partial charge in [0.25, 0.3) is 0 Å². The number of likely N-dealkylation sites (N-methyl/N-ethyl adjacent to an activating group) is 1. The Morgan fingerprint density at radius 2 is 2.00 bits per heavy atom. The quantitative estimate of drug-likeness (QED) is 0.670. The van der Waals surface area contributed by atoms with Crippen LogP contribution in [0.2, 0.25) is 0 Å². The number of hydrogen-bond donors (Lipinski definition) is 0. The summed E-state index contributed by atoms with van der Waals surface area (Å²) >= 11 is 1.68. The van der Waals surface area contributed by atoms with Gasteiger partial charge in [-0.15, -0.1) is 0 Å². The molecule has 0 aliphatic carbocycles. The summed E-state index contributed by atoms with van der Waals surface area (Å²) in [5.74, 6) is -0.0213. The van der Waals surface area contributed by atoms with Crippen LogP contribution in [0.3, 0.4) is 0 Å². The SMILES string of the molecule is CN1CC2(C)SC(C(C)(C)C)=NN2CS1(=O)=O. The number of sulfonamides is 1. The highest BCUT2D eigenvalue weighted by Gasteiger charge is 2.49. The summed E-state index contributed by atoms with van der Waals surface area (Å²) in [7, 11) is -1.55. The van der Waals surface area contributed by atoms with Gasteiger partial charge in [0.1, 0.15) is 9.91 Å². The van der Waals surface area contributed by atoms with E-state index in [0.29, 0.717) is 6.54 Å². The van der Waals surface area contributed by atoms with Gasteiger partial charge < -0.3 is 0 Å². The lowest BCUT2D eigenvalue weighted by molar-refractivity contribution is 0.176. The minimum Gasteiger partial charge on any atom is -0.262 e. The lowest BCUT2D eigenvalue weighted by Crippen LogP contribution is -2.56. The number of nitrogens with zero attached hydrogens (tertiary/aromatic N) is 3. The fourth-order valence-corrected chi connectivity index (χ4v) is 4.64. The Balaban J connectivity index is 2.33. The van der Waals surface area contributed by atoms with Gasteiger partial charge in [-0.05, 0) is 6.92 Å². The molecule has 2 heterocycles. The first-order valence-corrected chi connectivity index (χ1v) is 7.97. The molecule has 5 nitrogen and oxygen atoms in total. The van der Waals surface area contributed by atoms with Gasteiger partial charge >= 0.3 is 0 Å². The second-order valence-corrected chi connectivity index (χ2v) is 9.34. The zero-order chi connectivity index (χ0) is 13.1. The normalized spacial score (nSPS) is 33.5. The highest BCUT2D eigenvalue weighted by molar-refractivity contribution is 8.15. The van der Waals surface area contributed by atoms with E-state index < -0.39 is 10.0 Å². The number of thioether (sulfide) groups is 1. The number of fused-ring (bicyclic) bond motifs is 1. The summed E-state index contributed by atoms with van der Waals surface area (Å²) in [5, 5.41) is 7.21. The minimum absolute atomic E-state index is 0.0213. The molecule has 2 rings (SSSR count). The van der Waals surface area contributed by atoms with Gasteiger partial charge in [0.15, 0.2) is 5.88 Å². The molecular weight excluding hydrogens is 258 g/mol. The number of hydrazone groups is 1. The highest BCUT2D eigenvalue weighted by Crippen LogP contribution is 2.45. The van der Waals surface area contributed by atoms with Gasteiger partial charge in [-0.3, -0.25) is 5.01 Å². The third-order valence-corrected chi connectivity index (χ3v) is 6.31. The van der Waals surface area contributed by atoms with Crippen molar-refractivity contribution in [2.45, 2.75) is 32.6 Å². The van der Waals surface area contributed by atoms with Crippen LogP contribution in [0.1, 0.15) is 27.7 Å². The van der Waals surface area contributed by atoms with Crippen molar-refractivity contribution in [2.24, 2.45) is 10.5 Å². The summed E-state index contributed by atoms with van der Waals surface area (Å²) in [6, 6.07) is 0. The molecule has 1 saturated heterocycles. The molecule has 0 amide bonds. The Morgan fingerprint density at radius 3 is 2.53 bits per heavy atom. The van der Waals surface area contributed by atoms with Crippen LogP contribution in [0.15, 0.2) is 5.10 Å². The van der Waals surface area contributed by atoms with E-state index in [-0.39, 0.29) is 16.2 Å². The molecule has 98 valence electrons. The molecule has 1 fully saturated rings. The van der Waals surface area contributed by atoms with Crippen molar-refractivity contribution in [3.8, 4) is 0 Å². The molecule has 0 aromatic rings. The molecule has 7 heteroatoms. The molecule has 0 N–H and O–H groups in total. The third kappa shape index (κ3) is 2.20. The average molecular weight is 277 g/mol. The molecule has 17 heavy (non-hydrogen) atoms. The summed E-state index contributed by atoms with van der Waals surface area (Å²) in [6.07, 6.45) is 0. The first-order valence-electron chi connectivity index (χ1n) is 5.54. The molecule has 1 atom stereocenters. The van der Waals surface area contributed by atoms with E-state index in [0.717, 1.165) is 5.04 Å². The average Bonchev–Trinajstić information content (AvgIpc) is 2.41. The van der Waals surface area contributed by atoms with Gasteiger partial charge in [0.05, 0.1) is 0 Å². The predicted molar refractivity (Wildman–Crippen MR) is 71.1 cm³/mol. The molecule has 2 aliphatic rings. The maximum atomic E-state index is 11.8. The molecular formula is C10H19N3O2S2. The van der Waals surface area contributed by atoms with E-state index in [1.165, 1.54) is 4.31 Å². The molecule has 0 bridgehead atoms. The van der Waals surface area contributed by atoms with E-state index in [1.54, 1.807) is 23.8 Å². The maximum absolute atomic E-state index is 11.8. The van der Waals surface area contributed by atoms with Crippen molar-refractivity contribution in [1.29, 1.82) is 0 Å². The lowest BCUT2D eigenvalue weighted by Gasteiger charge is -2.41. The largest absolute Gasteiger partial charge is 0.262 e. The van der Waals surface area contributed by atoms with Crippen molar-refractivity contribution in [3.05, 3.63) is 0 Å². The second kappa shape index (κ2) is 3.61. The zero-order valence-corrected chi connectivity index (χ0v) is 12.5. The molecule has 0 aromatic carbocycles. The van der Waals surface area contributed by atoms with Gasteiger partial charge in [-0.25, -0.2) is 12.7 Å². The first kappa shape index (κ1) is 13.2. The zero-order valence-electron chi connectivity index (χ0n) is 10.9. The van der Waals surface area contributed by atoms with E-state index in [2.05, 4.69) is 25.9 Å². The summed E-state index contributed by atoms with van der Waals surface area (Å²) in [6.45, 7) is 8.81. The molecule has 0 aromatic heterocycles. The van der Waals surface area contributed by atoms with Crippen LogP contribution >= 0.6 is 11.8 Å². The second-order valence-electron chi connectivity index (χ2n) is 5.83. The maximum Gasteiger partial charge on any atom is 0.233 e. The third-order valence-electron chi connectivity index (χ3n) is 2.99. The molecule has 0 saturated carbocycles. The van der Waals surface area contributed by atoms with Gasteiger partial charge in [0, 0.05) is 19.0 Å². The number of rotatable bonds is 0. The Hall–Kier alpha value is -0.270. The van der Waals surface area contributed by atoms with Crippen LogP contribution in [0.25, 0.3) is 0 Å². The summed E-state index contributed by atoms with van der Waals surface area (Å²) in [5.41, 5.74) is -0.0344. The fourth-order valence-electron chi connectivity index (χ4n) is 1.84. The Bertz CT molecular complexity index is 466. The molecule has 2 aliphatic heterocycles. The van der Waals surface area contributed by atoms with E-state index in [1.807, 2.05) is 6.92 Å². The van der Waals surface area contributed by atoms with Crippen LogP contribution in [0.5, 0.6) is 0 Å². The van der Waals surface area contributed by atoms with Crippen LogP contribution in [-0.2, 0) is 10.0 Å². The van der Waals surface area contributed by atoms with Gasteiger partial charge in [0.2, 0.25) is 10.0 Å². The smallest absolute Gasteiger partial charge is 0.233 e. The van der Waals surface area contributed by atoms with Gasteiger partial charge in [-0.1, -0.05) is 32.5 Å². The van der Waals surface area contributed by atoms with E-state index in [4.69, 9.17) is 0 Å². The van der Waals surface area contributed by atoms with Crippen LogP contribution < -0.4 is 0 Å². The van der Waals surface area contributed by atoms with Crippen molar-refractivity contribution in [2.75, 3.05) is 19.5 Å². The van der Waals surface area contributed by atoms with Crippen LogP contribution in [0.4, 0.5) is 0 Å². The Labute approximate surface area is 107 Å². The van der Waals surface area contributed by atoms with Crippen molar-refractivity contribution in [1.82, 2.24) is 9.31 Å². The van der Waals surface area contributed by atoms with Crippen molar-refractivity contribution in [3.63, 3.8) is 0 Å². The fraction of sp³-hybridized carbons (Fsp3) is 0.900. The van der Waals surface area contributed by atoms with E-state index >= 15 is 0 Å².